The van der Waals surface area contributed by atoms with Crippen molar-refractivity contribution in [1.82, 2.24) is 10.2 Å². The molecule has 0 bridgehead atoms. The van der Waals surface area contributed by atoms with Crippen LogP contribution in [-0.2, 0) is 26.2 Å². The number of benzene rings is 2. The molecule has 0 fully saturated rings. The van der Waals surface area contributed by atoms with Crippen molar-refractivity contribution in [3.05, 3.63) is 64.2 Å². The van der Waals surface area contributed by atoms with Gasteiger partial charge in [-0.05, 0) is 50.5 Å². The molecule has 180 valence electrons. The van der Waals surface area contributed by atoms with Gasteiger partial charge in [0, 0.05) is 31.6 Å². The quantitative estimate of drug-likeness (QED) is 0.547. The molecular weight excluding hydrogens is 462 g/mol. The van der Waals surface area contributed by atoms with Gasteiger partial charge in [-0.25, -0.2) is 8.42 Å². The lowest BCUT2D eigenvalue weighted by Gasteiger charge is -2.29. The summed E-state index contributed by atoms with van der Waals surface area (Å²) in [6.07, 6.45) is 1.52. The van der Waals surface area contributed by atoms with Crippen molar-refractivity contribution in [2.24, 2.45) is 0 Å². The summed E-state index contributed by atoms with van der Waals surface area (Å²) in [4.78, 5) is 26.9. The first kappa shape index (κ1) is 26.7. The number of halogens is 1. The zero-order valence-corrected chi connectivity index (χ0v) is 21.3. The van der Waals surface area contributed by atoms with Gasteiger partial charge in [-0.3, -0.25) is 13.9 Å². The van der Waals surface area contributed by atoms with E-state index in [0.29, 0.717) is 22.7 Å². The van der Waals surface area contributed by atoms with Crippen molar-refractivity contribution >= 4 is 39.1 Å². The number of rotatable bonds is 10. The third kappa shape index (κ3) is 7.20. The highest BCUT2D eigenvalue weighted by atomic mass is 35.5. The lowest BCUT2D eigenvalue weighted by Crippen LogP contribution is -2.46. The molecule has 0 saturated heterocycles. The highest BCUT2D eigenvalue weighted by molar-refractivity contribution is 7.92. The lowest BCUT2D eigenvalue weighted by molar-refractivity contribution is -0.140. The third-order valence-electron chi connectivity index (χ3n) is 5.51. The second-order valence-electron chi connectivity index (χ2n) is 8.12. The highest BCUT2D eigenvalue weighted by Gasteiger charge is 2.26. The van der Waals surface area contributed by atoms with E-state index in [1.165, 1.54) is 16.3 Å². The molecule has 0 aliphatic rings. The van der Waals surface area contributed by atoms with Gasteiger partial charge in [0.2, 0.25) is 21.8 Å². The zero-order chi connectivity index (χ0) is 24.8. The number of anilines is 1. The average Bonchev–Trinajstić information content (AvgIpc) is 2.75. The minimum atomic E-state index is -3.58. The van der Waals surface area contributed by atoms with E-state index in [1.807, 2.05) is 31.2 Å². The minimum Gasteiger partial charge on any atom is -0.357 e. The first-order chi connectivity index (χ1) is 15.5. The maximum atomic E-state index is 13.1. The maximum Gasteiger partial charge on any atom is 0.242 e. The standard InChI is InChI=1S/C24H32ClN3O4S/c1-17-9-6-10-20(15-17)16-27(19(3)24(30)26-4)23(29)13-8-14-28(33(5,31)32)22-12-7-11-21(25)18(22)2/h6-7,9-12,15,19H,8,13-14,16H2,1-5H3,(H,26,30)/t19-/m0/s1. The van der Waals surface area contributed by atoms with Crippen molar-refractivity contribution < 1.29 is 18.0 Å². The van der Waals surface area contributed by atoms with Gasteiger partial charge < -0.3 is 10.2 Å². The van der Waals surface area contributed by atoms with Crippen LogP contribution >= 0.6 is 11.6 Å². The number of nitrogens with one attached hydrogen (secondary N) is 1. The molecule has 0 radical (unpaired) electrons. The minimum absolute atomic E-state index is 0.0960. The Balaban J connectivity index is 2.18. The van der Waals surface area contributed by atoms with Crippen LogP contribution in [0.15, 0.2) is 42.5 Å². The SMILES string of the molecule is CNC(=O)[C@H](C)N(Cc1cccc(C)c1)C(=O)CCCN(c1cccc(Cl)c1C)S(C)(=O)=O. The first-order valence-electron chi connectivity index (χ1n) is 10.7. The normalized spacial score (nSPS) is 12.2. The van der Waals surface area contributed by atoms with Crippen molar-refractivity contribution in [3.63, 3.8) is 0 Å². The van der Waals surface area contributed by atoms with Crippen LogP contribution in [0.25, 0.3) is 0 Å². The second-order valence-corrected chi connectivity index (χ2v) is 10.4. The van der Waals surface area contributed by atoms with Crippen LogP contribution in [0.1, 0.15) is 36.5 Å². The molecule has 7 nitrogen and oxygen atoms in total. The number of carbonyl (C=O) groups excluding carboxylic acids is 2. The summed E-state index contributed by atoms with van der Waals surface area (Å²) in [5.41, 5.74) is 3.14. The molecule has 0 saturated carbocycles. The molecule has 2 rings (SSSR count). The van der Waals surface area contributed by atoms with E-state index in [0.717, 1.165) is 17.4 Å². The van der Waals surface area contributed by atoms with Gasteiger partial charge in [-0.2, -0.15) is 0 Å². The molecule has 33 heavy (non-hydrogen) atoms. The molecule has 2 aromatic rings. The average molecular weight is 494 g/mol. The Bertz CT molecular complexity index is 1100. The Morgan fingerprint density at radius 2 is 1.79 bits per heavy atom. The van der Waals surface area contributed by atoms with Gasteiger partial charge in [0.25, 0.3) is 0 Å². The topological polar surface area (TPSA) is 86.8 Å². The van der Waals surface area contributed by atoms with Crippen LogP contribution in [0, 0.1) is 13.8 Å². The Hall–Kier alpha value is -2.58. The molecule has 2 aromatic carbocycles. The van der Waals surface area contributed by atoms with E-state index in [2.05, 4.69) is 5.32 Å². The van der Waals surface area contributed by atoms with E-state index in [9.17, 15) is 18.0 Å². The van der Waals surface area contributed by atoms with Crippen LogP contribution < -0.4 is 9.62 Å². The predicted molar refractivity (Wildman–Crippen MR) is 133 cm³/mol. The zero-order valence-electron chi connectivity index (χ0n) is 19.8. The Morgan fingerprint density at radius 3 is 2.39 bits per heavy atom. The summed E-state index contributed by atoms with van der Waals surface area (Å²) in [7, 11) is -2.04. The summed E-state index contributed by atoms with van der Waals surface area (Å²) in [5, 5.41) is 3.06. The van der Waals surface area contributed by atoms with Crippen LogP contribution in [-0.4, -0.2) is 51.0 Å². The van der Waals surface area contributed by atoms with E-state index in [-0.39, 0.29) is 31.3 Å². The molecule has 1 N–H and O–H groups in total. The van der Waals surface area contributed by atoms with Gasteiger partial charge in [0.1, 0.15) is 6.04 Å². The van der Waals surface area contributed by atoms with Crippen molar-refractivity contribution in [1.29, 1.82) is 0 Å². The summed E-state index contributed by atoms with van der Waals surface area (Å²) in [6, 6.07) is 12.2. The molecule has 0 heterocycles. The molecule has 9 heteroatoms. The molecule has 0 spiro atoms. The maximum absolute atomic E-state index is 13.1. The van der Waals surface area contributed by atoms with Gasteiger partial charge in [0.05, 0.1) is 11.9 Å². The van der Waals surface area contributed by atoms with Crippen molar-refractivity contribution in [3.8, 4) is 0 Å². The van der Waals surface area contributed by atoms with E-state index >= 15 is 0 Å². The number of sulfonamides is 1. The van der Waals surface area contributed by atoms with Crippen molar-refractivity contribution in [2.75, 3.05) is 24.2 Å². The fraction of sp³-hybridized carbons (Fsp3) is 0.417. The molecule has 2 amide bonds. The summed E-state index contributed by atoms with van der Waals surface area (Å²) in [6.45, 7) is 5.83. The number of amides is 2. The van der Waals surface area contributed by atoms with Gasteiger partial charge >= 0.3 is 0 Å². The Labute approximate surface area is 201 Å². The van der Waals surface area contributed by atoms with Crippen molar-refractivity contribution in [2.45, 2.75) is 46.2 Å². The Morgan fingerprint density at radius 1 is 1.12 bits per heavy atom. The summed E-state index contributed by atoms with van der Waals surface area (Å²) >= 11 is 6.18. The largest absolute Gasteiger partial charge is 0.357 e. The lowest BCUT2D eigenvalue weighted by atomic mass is 10.1. The van der Waals surface area contributed by atoms with E-state index < -0.39 is 16.1 Å². The van der Waals surface area contributed by atoms with Crippen LogP contribution in [0.3, 0.4) is 0 Å². The first-order valence-corrected chi connectivity index (χ1v) is 13.0. The molecular formula is C24H32ClN3O4S. The fourth-order valence-corrected chi connectivity index (χ4v) is 4.83. The van der Waals surface area contributed by atoms with Crippen LogP contribution in [0.2, 0.25) is 5.02 Å². The molecule has 1 atom stereocenters. The fourth-order valence-electron chi connectivity index (χ4n) is 3.65. The third-order valence-corrected chi connectivity index (χ3v) is 7.10. The number of aryl methyl sites for hydroxylation is 1. The molecule has 0 unspecified atom stereocenters. The number of carbonyl (C=O) groups is 2. The molecule has 0 aromatic heterocycles. The number of likely N-dealkylation sites (N-methyl/N-ethyl adjacent to an activating group) is 1. The van der Waals surface area contributed by atoms with Gasteiger partial charge in [-0.1, -0.05) is 47.5 Å². The van der Waals surface area contributed by atoms with Gasteiger partial charge in [-0.15, -0.1) is 0 Å². The van der Waals surface area contributed by atoms with Crippen LogP contribution in [0.4, 0.5) is 5.69 Å². The second kappa shape index (κ2) is 11.5. The summed E-state index contributed by atoms with van der Waals surface area (Å²) < 4.78 is 26.2. The monoisotopic (exact) mass is 493 g/mol. The smallest absolute Gasteiger partial charge is 0.242 e. The number of hydrogen-bond acceptors (Lipinski definition) is 4. The number of hydrogen-bond donors (Lipinski definition) is 1. The van der Waals surface area contributed by atoms with E-state index in [4.69, 9.17) is 11.6 Å². The van der Waals surface area contributed by atoms with Crippen LogP contribution in [0.5, 0.6) is 0 Å². The predicted octanol–water partition coefficient (Wildman–Crippen LogP) is 3.67. The Kier molecular flexibility index (Phi) is 9.31. The molecule has 0 aliphatic heterocycles. The van der Waals surface area contributed by atoms with Gasteiger partial charge in [0.15, 0.2) is 0 Å². The van der Waals surface area contributed by atoms with E-state index in [1.54, 1.807) is 32.0 Å². The molecule has 0 aliphatic carbocycles. The number of nitrogens with zero attached hydrogens (tertiary/aromatic N) is 2. The summed E-state index contributed by atoms with van der Waals surface area (Å²) in [5.74, 6) is -0.479. The highest BCUT2D eigenvalue weighted by Crippen LogP contribution is 2.28.